The van der Waals surface area contributed by atoms with Crippen LogP contribution in [-0.4, -0.2) is 62.2 Å². The normalized spacial score (nSPS) is 18.9. The summed E-state index contributed by atoms with van der Waals surface area (Å²) in [6.45, 7) is 11.6. The van der Waals surface area contributed by atoms with Gasteiger partial charge in [-0.3, -0.25) is 0 Å². The van der Waals surface area contributed by atoms with Crippen LogP contribution in [0.15, 0.2) is 48.5 Å². The summed E-state index contributed by atoms with van der Waals surface area (Å²) < 4.78 is 36.5. The maximum atomic E-state index is 6.61. The molecular weight excluding hydrogens is 593 g/mol. The second-order valence-corrected chi connectivity index (χ2v) is 13.5. The van der Waals surface area contributed by atoms with E-state index in [2.05, 4.69) is 62.2 Å². The number of benzene rings is 3. The third-order valence-corrected chi connectivity index (χ3v) is 9.90. The first-order chi connectivity index (χ1) is 22.5. The number of aromatic nitrogens is 2. The smallest absolute Gasteiger partial charge is 0.495 e. The van der Waals surface area contributed by atoms with Gasteiger partial charge in [0.25, 0.3) is 0 Å². The Labute approximate surface area is 278 Å². The van der Waals surface area contributed by atoms with E-state index in [1.807, 2.05) is 31.2 Å². The second-order valence-electron chi connectivity index (χ2n) is 13.5. The molecule has 10 heteroatoms. The summed E-state index contributed by atoms with van der Waals surface area (Å²) >= 11 is 0. The molecule has 0 amide bonds. The molecule has 1 aromatic heterocycles. The summed E-state index contributed by atoms with van der Waals surface area (Å²) in [7, 11) is 2.80. The van der Waals surface area contributed by atoms with Crippen LogP contribution in [0.5, 0.6) is 11.5 Å². The van der Waals surface area contributed by atoms with Gasteiger partial charge in [0.15, 0.2) is 12.1 Å². The van der Waals surface area contributed by atoms with Gasteiger partial charge < -0.3 is 34.0 Å². The molecule has 1 unspecified atom stereocenters. The number of hydrogen-bond donors (Lipinski definition) is 1. The van der Waals surface area contributed by atoms with Crippen LogP contribution in [0.1, 0.15) is 69.3 Å². The van der Waals surface area contributed by atoms with Gasteiger partial charge in [-0.15, -0.1) is 5.10 Å². The van der Waals surface area contributed by atoms with Gasteiger partial charge in [-0.25, -0.2) is 0 Å². The number of hydrogen-bond acceptors (Lipinski definition) is 9. The maximum Gasteiger partial charge on any atom is 0.495 e. The van der Waals surface area contributed by atoms with Crippen LogP contribution in [0.25, 0.3) is 21.9 Å². The number of nitrogens with zero attached hydrogens (tertiary/aromatic N) is 2. The Bertz CT molecular complexity index is 1740. The molecule has 2 aliphatic heterocycles. The van der Waals surface area contributed by atoms with Crippen molar-refractivity contribution in [1.29, 1.82) is 0 Å². The Morgan fingerprint density at radius 1 is 0.915 bits per heavy atom. The number of rotatable bonds is 10. The van der Waals surface area contributed by atoms with Crippen molar-refractivity contribution in [3.63, 3.8) is 0 Å². The fourth-order valence-corrected chi connectivity index (χ4v) is 6.47. The molecule has 0 saturated carbocycles. The zero-order chi connectivity index (χ0) is 33.3. The molecule has 2 aliphatic rings. The van der Waals surface area contributed by atoms with Crippen molar-refractivity contribution in [3.05, 3.63) is 70.9 Å². The van der Waals surface area contributed by atoms with E-state index in [1.165, 1.54) is 0 Å². The van der Waals surface area contributed by atoms with Gasteiger partial charge in [0, 0.05) is 29.9 Å². The average molecular weight is 640 g/mol. The van der Waals surface area contributed by atoms with Crippen LogP contribution in [0.4, 0.5) is 5.82 Å². The molecular formula is C37H46BN3O6. The highest BCUT2D eigenvalue weighted by Gasteiger charge is 2.52. The first-order valence-electron chi connectivity index (χ1n) is 16.5. The number of nitrogen functional groups attached to an aromatic ring is 1. The zero-order valence-electron chi connectivity index (χ0n) is 28.6. The largest absolute Gasteiger partial charge is 0.497 e. The van der Waals surface area contributed by atoms with Crippen LogP contribution in [0.3, 0.4) is 0 Å². The lowest BCUT2D eigenvalue weighted by molar-refractivity contribution is -0.161. The molecule has 3 heterocycles. The van der Waals surface area contributed by atoms with Crippen molar-refractivity contribution < 1.29 is 28.3 Å². The SMILES string of the molecule is COc1ccc(Cc2c(-c3ccc(CCOC4CCCCO4)c(B4OC(C)(C)C(C)(C)O4)c3)ccc3c(N)nnc(C)c23)c(OC)c1. The molecule has 0 spiro atoms. The molecule has 47 heavy (non-hydrogen) atoms. The summed E-state index contributed by atoms with van der Waals surface area (Å²) in [5.74, 6) is 1.88. The molecule has 6 rings (SSSR count). The first kappa shape index (κ1) is 33.2. The number of ether oxygens (including phenoxy) is 4. The van der Waals surface area contributed by atoms with Gasteiger partial charge in [0.1, 0.15) is 11.5 Å². The van der Waals surface area contributed by atoms with Crippen molar-refractivity contribution in [2.75, 3.05) is 33.2 Å². The Morgan fingerprint density at radius 2 is 1.68 bits per heavy atom. The molecule has 9 nitrogen and oxygen atoms in total. The predicted molar refractivity (Wildman–Crippen MR) is 185 cm³/mol. The number of nitrogens with two attached hydrogens (primary N) is 1. The van der Waals surface area contributed by atoms with Crippen molar-refractivity contribution in [2.45, 2.75) is 84.2 Å². The predicted octanol–water partition coefficient (Wildman–Crippen LogP) is 6.18. The fraction of sp³-hybridized carbons (Fsp3) is 0.459. The van der Waals surface area contributed by atoms with Gasteiger partial charge in [0.2, 0.25) is 0 Å². The molecule has 1 atom stereocenters. The molecule has 0 bridgehead atoms. The van der Waals surface area contributed by atoms with Gasteiger partial charge in [-0.1, -0.05) is 30.3 Å². The van der Waals surface area contributed by atoms with Crippen molar-refractivity contribution >= 4 is 29.2 Å². The molecule has 248 valence electrons. The minimum Gasteiger partial charge on any atom is -0.497 e. The van der Waals surface area contributed by atoms with Crippen LogP contribution < -0.4 is 20.7 Å². The standard InChI is InChI=1S/C37H46BN3O6/c1-23-34-29(35(39)41-40-23)16-15-28(30(34)20-26-13-14-27(42-6)22-32(26)43-7)25-12-11-24(17-19-45-33-10-8-9-18-44-33)31(21-25)38-46-36(2,3)37(4,5)47-38/h11-16,21-22,33H,8-10,17-20H2,1-7H3,(H2,39,41). The van der Waals surface area contributed by atoms with Gasteiger partial charge in [0.05, 0.1) is 37.7 Å². The van der Waals surface area contributed by atoms with E-state index in [9.17, 15) is 0 Å². The van der Waals surface area contributed by atoms with Gasteiger partial charge in [-0.2, -0.15) is 5.10 Å². The number of aryl methyl sites for hydroxylation is 1. The summed E-state index contributed by atoms with van der Waals surface area (Å²) in [6, 6.07) is 16.6. The lowest BCUT2D eigenvalue weighted by atomic mass is 9.73. The Morgan fingerprint density at radius 3 is 2.38 bits per heavy atom. The minimum absolute atomic E-state index is 0.141. The topological polar surface area (TPSA) is 107 Å². The molecule has 0 radical (unpaired) electrons. The van der Waals surface area contributed by atoms with Crippen molar-refractivity contribution in [3.8, 4) is 22.6 Å². The van der Waals surface area contributed by atoms with E-state index in [0.717, 1.165) is 87.1 Å². The van der Waals surface area contributed by atoms with Gasteiger partial charge >= 0.3 is 7.12 Å². The molecule has 2 saturated heterocycles. The Kier molecular flexibility index (Phi) is 9.49. The van der Waals surface area contributed by atoms with Crippen molar-refractivity contribution in [2.24, 2.45) is 0 Å². The third-order valence-electron chi connectivity index (χ3n) is 9.90. The van der Waals surface area contributed by atoms with E-state index in [0.29, 0.717) is 25.3 Å². The Balaban J connectivity index is 1.45. The van der Waals surface area contributed by atoms with Crippen LogP contribution >= 0.6 is 0 Å². The highest BCUT2D eigenvalue weighted by Crippen LogP contribution is 2.39. The van der Waals surface area contributed by atoms with E-state index >= 15 is 0 Å². The first-order valence-corrected chi connectivity index (χ1v) is 16.5. The van der Waals surface area contributed by atoms with Gasteiger partial charge in [-0.05, 0) is 106 Å². The zero-order valence-corrected chi connectivity index (χ0v) is 28.6. The molecule has 0 aliphatic carbocycles. The van der Waals surface area contributed by atoms with Crippen LogP contribution in [-0.2, 0) is 31.6 Å². The van der Waals surface area contributed by atoms with E-state index in [-0.39, 0.29) is 6.29 Å². The number of anilines is 1. The van der Waals surface area contributed by atoms with E-state index in [4.69, 9.17) is 34.0 Å². The maximum absolute atomic E-state index is 6.61. The molecule has 4 aromatic rings. The lowest BCUT2D eigenvalue weighted by Gasteiger charge is -2.32. The van der Waals surface area contributed by atoms with Crippen molar-refractivity contribution in [1.82, 2.24) is 10.2 Å². The van der Waals surface area contributed by atoms with Crippen LogP contribution in [0.2, 0.25) is 0 Å². The summed E-state index contributed by atoms with van der Waals surface area (Å²) in [4.78, 5) is 0. The lowest BCUT2D eigenvalue weighted by Crippen LogP contribution is -2.41. The van der Waals surface area contributed by atoms with E-state index < -0.39 is 18.3 Å². The third kappa shape index (κ3) is 6.70. The summed E-state index contributed by atoms with van der Waals surface area (Å²) in [6.07, 6.45) is 4.30. The average Bonchev–Trinajstić information content (AvgIpc) is 3.29. The fourth-order valence-electron chi connectivity index (χ4n) is 6.47. The van der Waals surface area contributed by atoms with Crippen LogP contribution in [0, 0.1) is 6.92 Å². The monoisotopic (exact) mass is 639 g/mol. The summed E-state index contributed by atoms with van der Waals surface area (Å²) in [5.41, 5.74) is 12.5. The molecule has 2 N–H and O–H groups in total. The highest BCUT2D eigenvalue weighted by atomic mass is 16.7. The Hall–Kier alpha value is -3.70. The molecule has 3 aromatic carbocycles. The second kappa shape index (κ2) is 13.4. The van der Waals surface area contributed by atoms with E-state index in [1.54, 1.807) is 14.2 Å². The highest BCUT2D eigenvalue weighted by molar-refractivity contribution is 6.62. The summed E-state index contributed by atoms with van der Waals surface area (Å²) in [5, 5.41) is 10.5. The minimum atomic E-state index is -0.533. The quantitative estimate of drug-likeness (QED) is 0.204. The number of fused-ring (bicyclic) bond motifs is 1. The number of methoxy groups -OCH3 is 2. The molecule has 2 fully saturated rings.